The fourth-order valence-electron chi connectivity index (χ4n) is 2.54. The maximum atomic E-state index is 11.6. The first-order valence-electron chi connectivity index (χ1n) is 5.99. The first-order valence-corrected chi connectivity index (χ1v) is 5.99. The van der Waals surface area contributed by atoms with Crippen molar-refractivity contribution in [1.29, 1.82) is 0 Å². The molecule has 0 spiro atoms. The Bertz CT molecular complexity index is 226. The molecule has 2 N–H and O–H groups in total. The molecule has 1 atom stereocenters. The van der Waals surface area contributed by atoms with E-state index in [2.05, 4.69) is 22.6 Å². The predicted molar refractivity (Wildman–Crippen MR) is 59.8 cm³/mol. The maximum absolute atomic E-state index is 11.6. The minimum atomic E-state index is 0.0298. The van der Waals surface area contributed by atoms with Crippen molar-refractivity contribution in [2.24, 2.45) is 0 Å². The molecule has 4 nitrogen and oxygen atoms in total. The molecule has 4 heteroatoms. The van der Waals surface area contributed by atoms with Gasteiger partial charge in [0.1, 0.15) is 0 Å². The van der Waals surface area contributed by atoms with E-state index in [1.807, 2.05) is 0 Å². The number of carbonyl (C=O) groups is 1. The molecule has 1 heterocycles. The lowest BCUT2D eigenvalue weighted by Crippen LogP contribution is -2.46. The van der Waals surface area contributed by atoms with Gasteiger partial charge in [-0.25, -0.2) is 4.79 Å². The lowest BCUT2D eigenvalue weighted by atomic mass is 10.2. The summed E-state index contributed by atoms with van der Waals surface area (Å²) >= 11 is 0. The molecule has 1 aliphatic heterocycles. The summed E-state index contributed by atoms with van der Waals surface area (Å²) in [6.07, 6.45) is 5.90. The number of urea groups is 1. The van der Waals surface area contributed by atoms with Gasteiger partial charge in [0.2, 0.25) is 0 Å². The molecule has 1 saturated heterocycles. The second kappa shape index (κ2) is 4.84. The van der Waals surface area contributed by atoms with Gasteiger partial charge >= 0.3 is 6.03 Å². The molecule has 2 aliphatic rings. The second-order valence-corrected chi connectivity index (χ2v) is 4.85. The van der Waals surface area contributed by atoms with Crippen molar-refractivity contribution in [3.05, 3.63) is 0 Å². The fraction of sp³-hybridized carbons (Fsp3) is 0.909. The summed E-state index contributed by atoms with van der Waals surface area (Å²) in [6.45, 7) is 2.08. The van der Waals surface area contributed by atoms with Crippen LogP contribution < -0.4 is 10.6 Å². The van der Waals surface area contributed by atoms with Gasteiger partial charge in [-0.2, -0.15) is 0 Å². The van der Waals surface area contributed by atoms with Crippen LogP contribution in [-0.4, -0.2) is 43.2 Å². The van der Waals surface area contributed by atoms with Crippen LogP contribution in [0.4, 0.5) is 4.79 Å². The van der Waals surface area contributed by atoms with Crippen molar-refractivity contribution >= 4 is 6.03 Å². The molecule has 1 aliphatic carbocycles. The van der Waals surface area contributed by atoms with Crippen LogP contribution in [0.3, 0.4) is 0 Å². The van der Waals surface area contributed by atoms with Crippen molar-refractivity contribution in [1.82, 2.24) is 15.5 Å². The Balaban J connectivity index is 1.67. The standard InChI is InChI=1S/C11H21N3O/c1-14-7-6-10(8-14)13-11(15)12-9-4-2-3-5-9/h9-10H,2-8H2,1H3,(H2,12,13,15). The van der Waals surface area contributed by atoms with E-state index in [1.54, 1.807) is 0 Å². The molecule has 2 amide bonds. The van der Waals surface area contributed by atoms with Crippen LogP contribution >= 0.6 is 0 Å². The van der Waals surface area contributed by atoms with Crippen LogP contribution in [0.15, 0.2) is 0 Å². The van der Waals surface area contributed by atoms with E-state index in [0.29, 0.717) is 12.1 Å². The van der Waals surface area contributed by atoms with E-state index in [-0.39, 0.29) is 6.03 Å². The van der Waals surface area contributed by atoms with Crippen molar-refractivity contribution in [2.75, 3.05) is 20.1 Å². The zero-order chi connectivity index (χ0) is 10.7. The Morgan fingerprint density at radius 3 is 2.40 bits per heavy atom. The molecular weight excluding hydrogens is 190 g/mol. The van der Waals surface area contributed by atoms with Crippen LogP contribution in [-0.2, 0) is 0 Å². The van der Waals surface area contributed by atoms with Gasteiger partial charge in [-0.15, -0.1) is 0 Å². The number of rotatable bonds is 2. The predicted octanol–water partition coefficient (Wildman–Crippen LogP) is 0.932. The third kappa shape index (κ3) is 3.09. The Morgan fingerprint density at radius 2 is 1.80 bits per heavy atom. The Labute approximate surface area is 91.4 Å². The third-order valence-corrected chi connectivity index (χ3v) is 3.42. The van der Waals surface area contributed by atoms with Gasteiger partial charge in [-0.1, -0.05) is 12.8 Å². The fourth-order valence-corrected chi connectivity index (χ4v) is 2.54. The Morgan fingerprint density at radius 1 is 1.13 bits per heavy atom. The number of hydrogen-bond acceptors (Lipinski definition) is 2. The van der Waals surface area contributed by atoms with Crippen LogP contribution in [0.2, 0.25) is 0 Å². The van der Waals surface area contributed by atoms with Crippen LogP contribution in [0.25, 0.3) is 0 Å². The zero-order valence-electron chi connectivity index (χ0n) is 9.46. The number of likely N-dealkylation sites (N-methyl/N-ethyl adjacent to an activating group) is 1. The zero-order valence-corrected chi connectivity index (χ0v) is 9.46. The summed E-state index contributed by atoms with van der Waals surface area (Å²) in [5.74, 6) is 0. The summed E-state index contributed by atoms with van der Waals surface area (Å²) in [7, 11) is 2.09. The number of carbonyl (C=O) groups excluding carboxylic acids is 1. The van der Waals surface area contributed by atoms with Crippen molar-refractivity contribution in [3.63, 3.8) is 0 Å². The average molecular weight is 211 g/mol. The molecule has 0 bridgehead atoms. The summed E-state index contributed by atoms with van der Waals surface area (Å²) in [4.78, 5) is 13.9. The monoisotopic (exact) mass is 211 g/mol. The molecular formula is C11H21N3O. The number of hydrogen-bond donors (Lipinski definition) is 2. The van der Waals surface area contributed by atoms with E-state index in [4.69, 9.17) is 0 Å². The molecule has 86 valence electrons. The Kier molecular flexibility index (Phi) is 3.46. The highest BCUT2D eigenvalue weighted by atomic mass is 16.2. The van der Waals surface area contributed by atoms with Gasteiger partial charge in [0.15, 0.2) is 0 Å². The molecule has 1 unspecified atom stereocenters. The van der Waals surface area contributed by atoms with Crippen molar-refractivity contribution < 1.29 is 4.79 Å². The second-order valence-electron chi connectivity index (χ2n) is 4.85. The Hall–Kier alpha value is -0.770. The normalized spacial score (nSPS) is 28.2. The SMILES string of the molecule is CN1CCC(NC(=O)NC2CCCC2)C1. The quantitative estimate of drug-likeness (QED) is 0.713. The summed E-state index contributed by atoms with van der Waals surface area (Å²) in [6, 6.07) is 0.794. The lowest BCUT2D eigenvalue weighted by Gasteiger charge is -2.16. The molecule has 1 saturated carbocycles. The maximum Gasteiger partial charge on any atom is 0.315 e. The largest absolute Gasteiger partial charge is 0.335 e. The summed E-state index contributed by atoms with van der Waals surface area (Å²) in [5.41, 5.74) is 0. The topological polar surface area (TPSA) is 44.4 Å². The van der Waals surface area contributed by atoms with Crippen LogP contribution in [0.1, 0.15) is 32.1 Å². The van der Waals surface area contributed by atoms with Crippen LogP contribution in [0, 0.1) is 0 Å². The number of nitrogens with zero attached hydrogens (tertiary/aromatic N) is 1. The minimum Gasteiger partial charge on any atom is -0.335 e. The number of likely N-dealkylation sites (tertiary alicyclic amines) is 1. The average Bonchev–Trinajstić information content (AvgIpc) is 2.77. The van der Waals surface area contributed by atoms with Gasteiger partial charge in [-0.05, 0) is 32.9 Å². The molecule has 0 aromatic heterocycles. The minimum absolute atomic E-state index is 0.0298. The van der Waals surface area contributed by atoms with E-state index in [9.17, 15) is 4.79 Å². The van der Waals surface area contributed by atoms with E-state index < -0.39 is 0 Å². The third-order valence-electron chi connectivity index (χ3n) is 3.42. The molecule has 0 aromatic carbocycles. The molecule has 0 radical (unpaired) electrons. The van der Waals surface area contributed by atoms with Gasteiger partial charge in [0, 0.05) is 18.6 Å². The van der Waals surface area contributed by atoms with Gasteiger partial charge in [0.25, 0.3) is 0 Å². The highest BCUT2D eigenvalue weighted by Gasteiger charge is 2.22. The van der Waals surface area contributed by atoms with Gasteiger partial charge in [0.05, 0.1) is 0 Å². The van der Waals surface area contributed by atoms with Crippen LogP contribution in [0.5, 0.6) is 0 Å². The number of nitrogens with one attached hydrogen (secondary N) is 2. The number of amides is 2. The summed E-state index contributed by atoms with van der Waals surface area (Å²) in [5, 5.41) is 6.10. The van der Waals surface area contributed by atoms with Gasteiger partial charge in [-0.3, -0.25) is 0 Å². The first kappa shape index (κ1) is 10.7. The lowest BCUT2D eigenvalue weighted by molar-refractivity contribution is 0.233. The summed E-state index contributed by atoms with van der Waals surface area (Å²) < 4.78 is 0. The van der Waals surface area contributed by atoms with Crippen molar-refractivity contribution in [2.45, 2.75) is 44.2 Å². The van der Waals surface area contributed by atoms with Crippen molar-refractivity contribution in [3.8, 4) is 0 Å². The van der Waals surface area contributed by atoms with E-state index >= 15 is 0 Å². The highest BCUT2D eigenvalue weighted by molar-refractivity contribution is 5.74. The highest BCUT2D eigenvalue weighted by Crippen LogP contribution is 2.17. The molecule has 2 rings (SSSR count). The first-order chi connectivity index (χ1) is 7.24. The molecule has 15 heavy (non-hydrogen) atoms. The smallest absolute Gasteiger partial charge is 0.315 e. The molecule has 0 aromatic rings. The van der Waals surface area contributed by atoms with E-state index in [0.717, 1.165) is 32.4 Å². The van der Waals surface area contributed by atoms with E-state index in [1.165, 1.54) is 12.8 Å². The van der Waals surface area contributed by atoms with Gasteiger partial charge < -0.3 is 15.5 Å². The molecule has 2 fully saturated rings.